The Morgan fingerprint density at radius 3 is 2.47 bits per heavy atom. The quantitative estimate of drug-likeness (QED) is 0.866. The molecular weight excluding hydrogens is 300 g/mol. The highest BCUT2D eigenvalue weighted by Crippen LogP contribution is 2.27. The Morgan fingerprint density at radius 1 is 1.12 bits per heavy atom. The van der Waals surface area contributed by atoms with Crippen LogP contribution in [0.5, 0.6) is 0 Å². The lowest BCUT2D eigenvalue weighted by Gasteiger charge is -2.13. The van der Waals surface area contributed by atoms with Gasteiger partial charge in [0.05, 0.1) is 0 Å². The number of hydrogen-bond acceptors (Lipinski definition) is 1. The number of hydrogen-bond donors (Lipinski definition) is 1. The van der Waals surface area contributed by atoms with E-state index in [4.69, 9.17) is 11.6 Å². The summed E-state index contributed by atoms with van der Waals surface area (Å²) in [7, 11) is 0. The van der Waals surface area contributed by atoms with Crippen molar-refractivity contribution in [1.82, 2.24) is 0 Å². The van der Waals surface area contributed by atoms with Gasteiger partial charge < -0.3 is 5.11 Å². The molecule has 3 heteroatoms. The third-order valence-electron chi connectivity index (χ3n) is 2.66. The molecule has 1 N–H and O–H groups in total. The van der Waals surface area contributed by atoms with Crippen molar-refractivity contribution in [2.75, 3.05) is 0 Å². The summed E-state index contributed by atoms with van der Waals surface area (Å²) in [4.78, 5) is 0. The highest BCUT2D eigenvalue weighted by molar-refractivity contribution is 9.10. The number of halogens is 2. The van der Waals surface area contributed by atoms with Crippen molar-refractivity contribution in [2.24, 2.45) is 0 Å². The van der Waals surface area contributed by atoms with E-state index in [-0.39, 0.29) is 0 Å². The Kier molecular flexibility index (Phi) is 3.87. The van der Waals surface area contributed by atoms with Gasteiger partial charge in [-0.3, -0.25) is 0 Å². The molecule has 2 aromatic carbocycles. The van der Waals surface area contributed by atoms with Gasteiger partial charge in [-0.15, -0.1) is 0 Å². The summed E-state index contributed by atoms with van der Waals surface area (Å²) in [5, 5.41) is 11.0. The minimum atomic E-state index is -0.622. The molecule has 0 saturated carbocycles. The summed E-state index contributed by atoms with van der Waals surface area (Å²) < 4.78 is 0.958. The van der Waals surface area contributed by atoms with Gasteiger partial charge in [0, 0.05) is 9.50 Å². The molecule has 0 saturated heterocycles. The molecule has 0 aliphatic heterocycles. The lowest BCUT2D eigenvalue weighted by atomic mass is 10.0. The smallest absolute Gasteiger partial charge is 0.104 e. The van der Waals surface area contributed by atoms with Crippen LogP contribution >= 0.6 is 27.5 Å². The summed E-state index contributed by atoms with van der Waals surface area (Å²) in [6.45, 7) is 1.93. The van der Waals surface area contributed by atoms with Gasteiger partial charge in [0.1, 0.15) is 6.10 Å². The molecule has 0 aromatic heterocycles. The first-order valence-corrected chi connectivity index (χ1v) is 6.44. The zero-order valence-corrected chi connectivity index (χ0v) is 11.7. The standard InChI is InChI=1S/C14H12BrClO/c1-9-7-11(5-6-13(9)16)14(17)10-3-2-4-12(15)8-10/h2-8,14,17H,1H3. The van der Waals surface area contributed by atoms with Crippen LogP contribution in [-0.4, -0.2) is 5.11 Å². The Bertz CT molecular complexity index is 539. The molecule has 0 amide bonds. The lowest BCUT2D eigenvalue weighted by molar-refractivity contribution is 0.220. The molecule has 2 aromatic rings. The molecule has 1 nitrogen and oxygen atoms in total. The van der Waals surface area contributed by atoms with Crippen LogP contribution in [0.2, 0.25) is 5.02 Å². The summed E-state index contributed by atoms with van der Waals surface area (Å²) >= 11 is 9.36. The summed E-state index contributed by atoms with van der Waals surface area (Å²) in [5.41, 5.74) is 2.68. The van der Waals surface area contributed by atoms with E-state index in [2.05, 4.69) is 15.9 Å². The molecule has 0 fully saturated rings. The van der Waals surface area contributed by atoms with E-state index in [1.807, 2.05) is 49.4 Å². The first kappa shape index (κ1) is 12.6. The average molecular weight is 312 g/mol. The third kappa shape index (κ3) is 2.89. The van der Waals surface area contributed by atoms with Gasteiger partial charge in [-0.25, -0.2) is 0 Å². The molecule has 0 bridgehead atoms. The Balaban J connectivity index is 2.36. The molecule has 0 aliphatic carbocycles. The van der Waals surface area contributed by atoms with Crippen molar-refractivity contribution < 1.29 is 5.11 Å². The second-order valence-corrected chi connectivity index (χ2v) is 5.29. The molecular formula is C14H12BrClO. The number of benzene rings is 2. The van der Waals surface area contributed by atoms with Gasteiger partial charge in [0.2, 0.25) is 0 Å². The molecule has 2 rings (SSSR count). The van der Waals surface area contributed by atoms with Gasteiger partial charge in [0.15, 0.2) is 0 Å². The molecule has 1 unspecified atom stereocenters. The van der Waals surface area contributed by atoms with Gasteiger partial charge in [-0.05, 0) is 41.8 Å². The molecule has 0 spiro atoms. The Labute approximate surface area is 114 Å². The number of aliphatic hydroxyl groups is 1. The van der Waals surface area contributed by atoms with E-state index < -0.39 is 6.10 Å². The Hall–Kier alpha value is -0.830. The van der Waals surface area contributed by atoms with Gasteiger partial charge in [0.25, 0.3) is 0 Å². The van der Waals surface area contributed by atoms with E-state index >= 15 is 0 Å². The van der Waals surface area contributed by atoms with Crippen LogP contribution in [0.1, 0.15) is 22.8 Å². The van der Waals surface area contributed by atoms with Crippen molar-refractivity contribution in [3.05, 3.63) is 68.7 Å². The second kappa shape index (κ2) is 5.21. The van der Waals surface area contributed by atoms with Crippen molar-refractivity contribution in [3.63, 3.8) is 0 Å². The maximum Gasteiger partial charge on any atom is 0.104 e. The largest absolute Gasteiger partial charge is 0.384 e. The Morgan fingerprint density at radius 2 is 1.82 bits per heavy atom. The van der Waals surface area contributed by atoms with Crippen LogP contribution in [0.3, 0.4) is 0 Å². The number of aryl methyl sites for hydroxylation is 1. The molecule has 1 atom stereocenters. The minimum Gasteiger partial charge on any atom is -0.384 e. The summed E-state index contributed by atoms with van der Waals surface area (Å²) in [6.07, 6.45) is -0.622. The molecule has 0 radical (unpaired) electrons. The highest BCUT2D eigenvalue weighted by atomic mass is 79.9. The van der Waals surface area contributed by atoms with E-state index in [0.29, 0.717) is 0 Å². The van der Waals surface area contributed by atoms with Crippen LogP contribution in [0.4, 0.5) is 0 Å². The first-order valence-electron chi connectivity index (χ1n) is 5.27. The first-order chi connectivity index (χ1) is 8.08. The predicted octanol–water partition coefficient (Wildman–Crippen LogP) is 4.49. The van der Waals surface area contributed by atoms with Gasteiger partial charge >= 0.3 is 0 Å². The summed E-state index contributed by atoms with van der Waals surface area (Å²) in [6, 6.07) is 13.2. The fourth-order valence-corrected chi connectivity index (χ4v) is 2.24. The summed E-state index contributed by atoms with van der Waals surface area (Å²) in [5.74, 6) is 0. The van der Waals surface area contributed by atoms with Crippen molar-refractivity contribution >= 4 is 27.5 Å². The minimum absolute atomic E-state index is 0.622. The normalized spacial score (nSPS) is 12.5. The predicted molar refractivity (Wildman–Crippen MR) is 74.4 cm³/mol. The van der Waals surface area contributed by atoms with Crippen LogP contribution in [0.15, 0.2) is 46.9 Å². The SMILES string of the molecule is Cc1cc(C(O)c2cccc(Br)c2)ccc1Cl. The number of aliphatic hydroxyl groups excluding tert-OH is 1. The lowest BCUT2D eigenvalue weighted by Crippen LogP contribution is -1.99. The molecule has 0 heterocycles. The van der Waals surface area contributed by atoms with Crippen molar-refractivity contribution in [1.29, 1.82) is 0 Å². The fraction of sp³-hybridized carbons (Fsp3) is 0.143. The van der Waals surface area contributed by atoms with Crippen LogP contribution in [0.25, 0.3) is 0 Å². The van der Waals surface area contributed by atoms with E-state index in [1.165, 1.54) is 0 Å². The van der Waals surface area contributed by atoms with E-state index in [0.717, 1.165) is 26.2 Å². The molecule has 0 aliphatic rings. The zero-order valence-electron chi connectivity index (χ0n) is 9.32. The zero-order chi connectivity index (χ0) is 12.4. The topological polar surface area (TPSA) is 20.2 Å². The maximum atomic E-state index is 10.3. The van der Waals surface area contributed by atoms with E-state index in [1.54, 1.807) is 0 Å². The molecule has 17 heavy (non-hydrogen) atoms. The monoisotopic (exact) mass is 310 g/mol. The average Bonchev–Trinajstić information content (AvgIpc) is 2.32. The third-order valence-corrected chi connectivity index (χ3v) is 3.58. The van der Waals surface area contributed by atoms with Gasteiger partial charge in [-0.2, -0.15) is 0 Å². The van der Waals surface area contributed by atoms with E-state index in [9.17, 15) is 5.11 Å². The van der Waals surface area contributed by atoms with Crippen molar-refractivity contribution in [3.8, 4) is 0 Å². The fourth-order valence-electron chi connectivity index (χ4n) is 1.71. The second-order valence-electron chi connectivity index (χ2n) is 3.97. The van der Waals surface area contributed by atoms with Crippen LogP contribution < -0.4 is 0 Å². The van der Waals surface area contributed by atoms with Crippen LogP contribution in [-0.2, 0) is 0 Å². The molecule has 88 valence electrons. The highest BCUT2D eigenvalue weighted by Gasteiger charge is 2.11. The number of rotatable bonds is 2. The maximum absolute atomic E-state index is 10.3. The van der Waals surface area contributed by atoms with Gasteiger partial charge in [-0.1, -0.05) is 51.8 Å². The van der Waals surface area contributed by atoms with Crippen LogP contribution in [0, 0.1) is 6.92 Å². The van der Waals surface area contributed by atoms with Crippen molar-refractivity contribution in [2.45, 2.75) is 13.0 Å².